The fraction of sp³-hybridized carbons (Fsp3) is 0.167. The van der Waals surface area contributed by atoms with Gasteiger partial charge in [0, 0.05) is 23.1 Å². The third kappa shape index (κ3) is 3.41. The fourth-order valence-corrected chi connectivity index (χ4v) is 2.44. The van der Waals surface area contributed by atoms with Crippen LogP contribution in [0.15, 0.2) is 34.2 Å². The Labute approximate surface area is 114 Å². The number of hydrogen-bond acceptors (Lipinski definition) is 6. The quantitative estimate of drug-likeness (QED) is 0.441. The maximum Gasteiger partial charge on any atom is 0.253 e. The molecule has 6 nitrogen and oxygen atoms in total. The highest BCUT2D eigenvalue weighted by Crippen LogP contribution is 2.27. The highest BCUT2D eigenvalue weighted by atomic mass is 32.2. The Balaban J connectivity index is 2.18. The number of nitrogens with one attached hydrogen (secondary N) is 1. The van der Waals surface area contributed by atoms with Crippen LogP contribution in [0, 0.1) is 0 Å². The van der Waals surface area contributed by atoms with Crippen LogP contribution in [0.3, 0.4) is 0 Å². The Hall–Kier alpha value is -2.15. The first-order valence-corrected chi connectivity index (χ1v) is 6.49. The second kappa shape index (κ2) is 5.66. The number of benzene rings is 1. The Morgan fingerprint density at radius 2 is 2.16 bits per heavy atom. The van der Waals surface area contributed by atoms with E-state index in [1.807, 2.05) is 6.07 Å². The minimum Gasteiger partial charge on any atom is -0.496 e. The molecule has 2 aromatic rings. The van der Waals surface area contributed by atoms with Gasteiger partial charge in [0.15, 0.2) is 5.16 Å². The molecule has 1 aromatic heterocycles. The van der Waals surface area contributed by atoms with E-state index in [1.54, 1.807) is 19.2 Å². The van der Waals surface area contributed by atoms with Crippen LogP contribution >= 0.6 is 11.8 Å². The van der Waals surface area contributed by atoms with Crippen molar-refractivity contribution in [2.45, 2.75) is 10.9 Å². The summed E-state index contributed by atoms with van der Waals surface area (Å²) in [6.07, 6.45) is 0. The summed E-state index contributed by atoms with van der Waals surface area (Å²) in [5, 5.41) is 0.467. The molecule has 0 amide bonds. The Bertz CT molecular complexity index is 642. The predicted octanol–water partition coefficient (Wildman–Crippen LogP) is 1.24. The zero-order valence-electron chi connectivity index (χ0n) is 10.3. The number of H-pyrrole nitrogens is 1. The van der Waals surface area contributed by atoms with E-state index in [1.165, 1.54) is 17.8 Å². The maximum absolute atomic E-state index is 11.3. The van der Waals surface area contributed by atoms with Gasteiger partial charge in [-0.2, -0.15) is 0 Å². The normalized spacial score (nSPS) is 10.4. The summed E-state index contributed by atoms with van der Waals surface area (Å²) in [6.45, 7) is 0. The van der Waals surface area contributed by atoms with Crippen molar-refractivity contribution in [2.75, 3.05) is 18.6 Å². The minimum absolute atomic E-state index is 0.200. The minimum atomic E-state index is -0.269. The number of thioether (sulfide) groups is 1. The van der Waals surface area contributed by atoms with E-state index >= 15 is 0 Å². The van der Waals surface area contributed by atoms with Gasteiger partial charge in [0.1, 0.15) is 11.6 Å². The van der Waals surface area contributed by atoms with Crippen molar-refractivity contribution in [1.29, 1.82) is 0 Å². The third-order valence-electron chi connectivity index (χ3n) is 2.41. The summed E-state index contributed by atoms with van der Waals surface area (Å²) in [5.41, 5.74) is 12.6. The van der Waals surface area contributed by atoms with E-state index in [2.05, 4.69) is 9.97 Å². The van der Waals surface area contributed by atoms with Gasteiger partial charge in [0.05, 0.1) is 7.11 Å². The number of rotatable bonds is 4. The Morgan fingerprint density at radius 1 is 1.37 bits per heavy atom. The molecule has 19 heavy (non-hydrogen) atoms. The Morgan fingerprint density at radius 3 is 2.84 bits per heavy atom. The molecule has 0 bridgehead atoms. The van der Waals surface area contributed by atoms with Gasteiger partial charge in [-0.15, -0.1) is 0 Å². The van der Waals surface area contributed by atoms with Crippen molar-refractivity contribution in [3.63, 3.8) is 0 Å². The van der Waals surface area contributed by atoms with Crippen LogP contribution < -0.4 is 21.8 Å². The lowest BCUT2D eigenvalue weighted by Crippen LogP contribution is -2.09. The van der Waals surface area contributed by atoms with Gasteiger partial charge in [-0.3, -0.25) is 4.79 Å². The van der Waals surface area contributed by atoms with Gasteiger partial charge in [-0.05, 0) is 18.2 Å². The zero-order chi connectivity index (χ0) is 13.8. The molecule has 0 spiro atoms. The molecule has 2 rings (SSSR count). The van der Waals surface area contributed by atoms with E-state index in [-0.39, 0.29) is 11.4 Å². The van der Waals surface area contributed by atoms with E-state index in [4.69, 9.17) is 16.2 Å². The second-order valence-corrected chi connectivity index (χ2v) is 4.80. The number of ether oxygens (including phenoxy) is 1. The lowest BCUT2D eigenvalue weighted by Gasteiger charge is -2.08. The van der Waals surface area contributed by atoms with E-state index < -0.39 is 0 Å². The van der Waals surface area contributed by atoms with Crippen molar-refractivity contribution in [1.82, 2.24) is 9.97 Å². The standard InChI is InChI=1S/C12H14N4O2S/c1-18-9-3-2-8(13)4-7(9)6-19-12-15-10(14)5-11(17)16-12/h2-5H,6,13H2,1H3,(H3,14,15,16,17). The molecule has 5 N–H and O–H groups in total. The number of hydrogen-bond donors (Lipinski definition) is 3. The Kier molecular flexibility index (Phi) is 3.96. The molecule has 100 valence electrons. The average Bonchev–Trinajstić information content (AvgIpc) is 2.35. The third-order valence-corrected chi connectivity index (χ3v) is 3.33. The molecular weight excluding hydrogens is 264 g/mol. The average molecular weight is 278 g/mol. The molecule has 7 heteroatoms. The summed E-state index contributed by atoms with van der Waals surface area (Å²) in [6, 6.07) is 6.65. The first-order valence-electron chi connectivity index (χ1n) is 5.50. The molecular formula is C12H14N4O2S. The lowest BCUT2D eigenvalue weighted by molar-refractivity contribution is 0.411. The molecule has 0 fully saturated rings. The number of methoxy groups -OCH3 is 1. The molecule has 0 atom stereocenters. The highest BCUT2D eigenvalue weighted by Gasteiger charge is 2.06. The summed E-state index contributed by atoms with van der Waals surface area (Å²) in [7, 11) is 1.60. The van der Waals surface area contributed by atoms with Crippen molar-refractivity contribution in [2.24, 2.45) is 0 Å². The second-order valence-electron chi connectivity index (χ2n) is 3.84. The van der Waals surface area contributed by atoms with Crippen LogP contribution in [-0.4, -0.2) is 17.1 Å². The van der Waals surface area contributed by atoms with E-state index in [0.29, 0.717) is 16.6 Å². The molecule has 0 aliphatic heterocycles. The smallest absolute Gasteiger partial charge is 0.253 e. The lowest BCUT2D eigenvalue weighted by atomic mass is 10.2. The van der Waals surface area contributed by atoms with Gasteiger partial charge in [0.25, 0.3) is 5.56 Å². The van der Waals surface area contributed by atoms with Crippen LogP contribution in [0.25, 0.3) is 0 Å². The van der Waals surface area contributed by atoms with Crippen LogP contribution in [-0.2, 0) is 5.75 Å². The molecule has 0 aliphatic rings. The number of aromatic amines is 1. The van der Waals surface area contributed by atoms with Gasteiger partial charge >= 0.3 is 0 Å². The molecule has 0 radical (unpaired) electrons. The van der Waals surface area contributed by atoms with Crippen LogP contribution in [0.4, 0.5) is 11.5 Å². The summed E-state index contributed by atoms with van der Waals surface area (Å²) in [5.74, 6) is 1.51. The SMILES string of the molecule is COc1ccc(N)cc1CSc1nc(N)cc(=O)[nH]1. The summed E-state index contributed by atoms with van der Waals surface area (Å²) >= 11 is 1.36. The zero-order valence-corrected chi connectivity index (χ0v) is 11.2. The largest absolute Gasteiger partial charge is 0.496 e. The molecule has 1 heterocycles. The molecule has 0 aliphatic carbocycles. The van der Waals surface area contributed by atoms with E-state index in [9.17, 15) is 4.79 Å². The van der Waals surface area contributed by atoms with Crippen molar-refractivity contribution >= 4 is 23.3 Å². The molecule has 0 saturated heterocycles. The van der Waals surface area contributed by atoms with Gasteiger partial charge in [-0.1, -0.05) is 11.8 Å². The van der Waals surface area contributed by atoms with Gasteiger partial charge in [0.2, 0.25) is 0 Å². The molecule has 0 saturated carbocycles. The van der Waals surface area contributed by atoms with Crippen LogP contribution in [0.2, 0.25) is 0 Å². The number of nitrogens with zero attached hydrogens (tertiary/aromatic N) is 1. The molecule has 1 aromatic carbocycles. The summed E-state index contributed by atoms with van der Waals surface area (Å²) in [4.78, 5) is 17.9. The first-order chi connectivity index (χ1) is 9.08. The number of nitrogens with two attached hydrogens (primary N) is 2. The topological polar surface area (TPSA) is 107 Å². The maximum atomic E-state index is 11.3. The highest BCUT2D eigenvalue weighted by molar-refractivity contribution is 7.98. The number of aromatic nitrogens is 2. The molecule has 0 unspecified atom stereocenters. The van der Waals surface area contributed by atoms with Gasteiger partial charge < -0.3 is 21.2 Å². The number of nitrogen functional groups attached to an aromatic ring is 2. The first kappa shape index (κ1) is 13.3. The van der Waals surface area contributed by atoms with Crippen molar-refractivity contribution in [3.05, 3.63) is 40.2 Å². The predicted molar refractivity (Wildman–Crippen MR) is 76.2 cm³/mol. The summed E-state index contributed by atoms with van der Waals surface area (Å²) < 4.78 is 5.25. The van der Waals surface area contributed by atoms with Crippen molar-refractivity contribution < 1.29 is 4.74 Å². The monoisotopic (exact) mass is 278 g/mol. The van der Waals surface area contributed by atoms with E-state index in [0.717, 1.165) is 11.3 Å². The fourth-order valence-electron chi connectivity index (χ4n) is 1.58. The van der Waals surface area contributed by atoms with Crippen molar-refractivity contribution in [3.8, 4) is 5.75 Å². The van der Waals surface area contributed by atoms with Crippen LogP contribution in [0.1, 0.15) is 5.56 Å². The van der Waals surface area contributed by atoms with Crippen LogP contribution in [0.5, 0.6) is 5.75 Å². The number of anilines is 2. The van der Waals surface area contributed by atoms with Gasteiger partial charge in [-0.25, -0.2) is 4.98 Å².